The smallest absolute Gasteiger partial charge is 0.261 e. The normalized spacial score (nSPS) is 8.29. The maximum Gasteiger partial charge on any atom is 0.261 e. The Morgan fingerprint density at radius 2 is 1.43 bits per heavy atom. The molecule has 0 spiro atoms. The van der Waals surface area contributed by atoms with Crippen LogP contribution in [-0.2, 0) is 10.1 Å². The number of hydrogen-bond acceptors (Lipinski definition) is 3. The van der Waals surface area contributed by atoms with Crippen molar-refractivity contribution in [2.24, 2.45) is 0 Å². The maximum atomic E-state index is 9.19. The molecule has 0 saturated carbocycles. The van der Waals surface area contributed by atoms with Crippen molar-refractivity contribution >= 4 is 22.5 Å². The van der Waals surface area contributed by atoms with Gasteiger partial charge in [-0.3, -0.25) is 4.55 Å². The lowest BCUT2D eigenvalue weighted by molar-refractivity contribution is 0.490. The molecule has 0 aliphatic rings. The Labute approximate surface area is 48.7 Å². The molecule has 4 nitrogen and oxygen atoms in total. The van der Waals surface area contributed by atoms with Crippen molar-refractivity contribution in [1.29, 1.82) is 0 Å². The summed E-state index contributed by atoms with van der Waals surface area (Å²) in [5.41, 5.74) is 0. The average Bonchev–Trinajstić information content (AvgIpc) is 0.722. The summed E-state index contributed by atoms with van der Waals surface area (Å²) < 4.78 is 25.9. The zero-order chi connectivity index (χ0) is 4.50. The highest BCUT2D eigenvalue weighted by Gasteiger charge is 1.81. The van der Waals surface area contributed by atoms with Gasteiger partial charge in [0.25, 0.3) is 10.1 Å². The lowest BCUT2D eigenvalue weighted by atomic mass is 12.0. The lowest BCUT2D eigenvalue weighted by Crippen LogP contribution is -1.88. The molecule has 4 N–H and O–H groups in total. The maximum absolute atomic E-state index is 9.19. The first-order valence-electron chi connectivity index (χ1n) is 0.924. The van der Waals surface area contributed by atoms with E-state index in [1.54, 1.807) is 0 Å². The Morgan fingerprint density at radius 3 is 1.43 bits per heavy atom. The third kappa shape index (κ3) is 4160. The van der Waals surface area contributed by atoms with Crippen LogP contribution in [0.3, 0.4) is 0 Å². The highest BCUT2D eigenvalue weighted by atomic mass is 35.5. The number of rotatable bonds is 0. The molecule has 0 unspecified atom stereocenters. The second kappa shape index (κ2) is 4.32. The van der Waals surface area contributed by atoms with Crippen LogP contribution in [0.1, 0.15) is 0 Å². The van der Waals surface area contributed by atoms with E-state index in [-0.39, 0.29) is 18.6 Å². The summed E-state index contributed by atoms with van der Waals surface area (Å²) in [6.07, 6.45) is 0.715. The molecule has 0 heterocycles. The van der Waals surface area contributed by atoms with Crippen molar-refractivity contribution in [3.05, 3.63) is 0 Å². The van der Waals surface area contributed by atoms with Gasteiger partial charge in [-0.1, -0.05) is 0 Å². The summed E-state index contributed by atoms with van der Waals surface area (Å²) in [6, 6.07) is 0. The fourth-order valence-electron chi connectivity index (χ4n) is 0. The van der Waals surface area contributed by atoms with Crippen LogP contribution in [-0.4, -0.2) is 19.2 Å². The Hall–Kier alpha value is 0.160. The van der Waals surface area contributed by atoms with Crippen molar-refractivity contribution in [3.8, 4) is 0 Å². The molecule has 0 atom stereocenters. The Kier molecular flexibility index (Phi) is 9.69. The first-order chi connectivity index (χ1) is 2.00. The molecule has 0 bridgehead atoms. The summed E-state index contributed by atoms with van der Waals surface area (Å²) >= 11 is 0. The molecule has 0 rings (SSSR count). The van der Waals surface area contributed by atoms with Crippen LogP contribution in [0.15, 0.2) is 0 Å². The van der Waals surface area contributed by atoms with Gasteiger partial charge < -0.3 is 6.15 Å². The van der Waals surface area contributed by atoms with Crippen LogP contribution in [0.2, 0.25) is 0 Å². The third-order valence-electron chi connectivity index (χ3n) is 0. The molecule has 0 aromatic carbocycles. The van der Waals surface area contributed by atoms with Gasteiger partial charge in [-0.2, -0.15) is 8.42 Å². The summed E-state index contributed by atoms with van der Waals surface area (Å²) in [7, 11) is -3.67. The molecule has 0 fully saturated rings. The van der Waals surface area contributed by atoms with Crippen molar-refractivity contribution < 1.29 is 13.0 Å². The number of halogens is 1. The van der Waals surface area contributed by atoms with E-state index in [2.05, 4.69) is 0 Å². The molecule has 0 saturated heterocycles. The van der Waals surface area contributed by atoms with Crippen molar-refractivity contribution in [3.63, 3.8) is 0 Å². The Morgan fingerprint density at radius 1 is 1.43 bits per heavy atom. The van der Waals surface area contributed by atoms with Crippen LogP contribution in [0, 0.1) is 0 Å². The summed E-state index contributed by atoms with van der Waals surface area (Å²) in [6.45, 7) is 0. The topological polar surface area (TPSA) is 89.4 Å². The minimum Gasteiger partial charge on any atom is -0.344 e. The van der Waals surface area contributed by atoms with Gasteiger partial charge in [0.05, 0.1) is 6.26 Å². The Balaban J connectivity index is -0.0000000800. The molecule has 48 valence electrons. The highest BCUT2D eigenvalue weighted by Crippen LogP contribution is 1.60. The van der Waals surface area contributed by atoms with Gasteiger partial charge in [0.2, 0.25) is 0 Å². The molecule has 7 heavy (non-hydrogen) atoms. The van der Waals surface area contributed by atoms with Gasteiger partial charge in [-0.05, 0) is 0 Å². The van der Waals surface area contributed by atoms with E-state index in [9.17, 15) is 8.42 Å². The molecule has 0 aromatic heterocycles. The molecule has 0 aliphatic carbocycles. The highest BCUT2D eigenvalue weighted by molar-refractivity contribution is 7.85. The van der Waals surface area contributed by atoms with Crippen molar-refractivity contribution in [2.75, 3.05) is 6.26 Å². The summed E-state index contributed by atoms with van der Waals surface area (Å²) in [4.78, 5) is 0. The fourth-order valence-corrected chi connectivity index (χ4v) is 0. The predicted octanol–water partition coefficient (Wildman–Crippen LogP) is 0.0878. The second-order valence-corrected chi connectivity index (χ2v) is 2.20. The van der Waals surface area contributed by atoms with Crippen LogP contribution >= 0.6 is 12.4 Å². The number of hydrogen-bond donors (Lipinski definition) is 2. The van der Waals surface area contributed by atoms with E-state index >= 15 is 0 Å². The largest absolute Gasteiger partial charge is 0.344 e. The van der Waals surface area contributed by atoms with Gasteiger partial charge in [-0.15, -0.1) is 12.4 Å². The zero-order valence-corrected chi connectivity index (χ0v) is 5.42. The second-order valence-electron chi connectivity index (χ2n) is 0.733. The van der Waals surface area contributed by atoms with Crippen LogP contribution < -0.4 is 6.15 Å². The molecule has 6 heteroatoms. The van der Waals surface area contributed by atoms with Crippen LogP contribution in [0.25, 0.3) is 0 Å². The van der Waals surface area contributed by atoms with E-state index in [1.807, 2.05) is 0 Å². The monoisotopic (exact) mass is 149 g/mol. The van der Waals surface area contributed by atoms with Gasteiger partial charge in [0.1, 0.15) is 0 Å². The van der Waals surface area contributed by atoms with E-state index < -0.39 is 10.1 Å². The molecule has 0 radical (unpaired) electrons. The zero-order valence-electron chi connectivity index (χ0n) is 3.79. The average molecular weight is 150 g/mol. The SMILES string of the molecule is CS(=O)(=O)O.Cl.N. The lowest BCUT2D eigenvalue weighted by Gasteiger charge is -1.69. The molecular formula is CH8ClNO3S. The molecular weight excluding hydrogens is 142 g/mol. The molecule has 0 amide bonds. The predicted molar refractivity (Wildman–Crippen MR) is 29.7 cm³/mol. The molecule has 0 aliphatic heterocycles. The first-order valence-corrected chi connectivity index (χ1v) is 2.77. The van der Waals surface area contributed by atoms with Gasteiger partial charge >= 0.3 is 0 Å². The Bertz CT molecular complexity index is 98.1. The minimum absolute atomic E-state index is 0. The van der Waals surface area contributed by atoms with Crippen LogP contribution in [0.5, 0.6) is 0 Å². The van der Waals surface area contributed by atoms with E-state index in [1.165, 1.54) is 0 Å². The van der Waals surface area contributed by atoms with Crippen molar-refractivity contribution in [1.82, 2.24) is 6.15 Å². The fraction of sp³-hybridized carbons (Fsp3) is 1.00. The summed E-state index contributed by atoms with van der Waals surface area (Å²) in [5, 5.41) is 0. The minimum atomic E-state index is -3.67. The van der Waals surface area contributed by atoms with Gasteiger partial charge in [0, 0.05) is 0 Å². The standard InChI is InChI=1S/CH4O3S.ClH.H3N/c1-5(2,3)4;;/h1H3,(H,2,3,4);1H;1H3. The quantitative estimate of drug-likeness (QED) is 0.478. The van der Waals surface area contributed by atoms with E-state index in [0.29, 0.717) is 6.26 Å². The first kappa shape index (κ1) is 15.7. The van der Waals surface area contributed by atoms with Crippen molar-refractivity contribution in [2.45, 2.75) is 0 Å². The van der Waals surface area contributed by atoms with E-state index in [0.717, 1.165) is 0 Å². The van der Waals surface area contributed by atoms with Gasteiger partial charge in [-0.25, -0.2) is 0 Å². The summed E-state index contributed by atoms with van der Waals surface area (Å²) in [5.74, 6) is 0. The van der Waals surface area contributed by atoms with Gasteiger partial charge in [0.15, 0.2) is 0 Å². The van der Waals surface area contributed by atoms with Crippen LogP contribution in [0.4, 0.5) is 0 Å². The van der Waals surface area contributed by atoms with E-state index in [4.69, 9.17) is 4.55 Å². The molecule has 0 aromatic rings. The third-order valence-corrected chi connectivity index (χ3v) is 0.